The molecule has 0 spiro atoms. The van der Waals surface area contributed by atoms with Gasteiger partial charge in [0.2, 0.25) is 0 Å². The molecule has 1 amide bonds. The quantitative estimate of drug-likeness (QED) is 0.492. The molecule has 0 bridgehead atoms. The number of carbonyl (C=O) groups is 1. The van der Waals surface area contributed by atoms with Gasteiger partial charge >= 0.3 is 0 Å². The molecule has 1 saturated heterocycles. The molecule has 1 aromatic rings. The Hall–Kier alpha value is -2.15. The third kappa shape index (κ3) is 2.82. The number of hydrogen-bond acceptors (Lipinski definition) is 5. The molecule has 0 atom stereocenters. The highest BCUT2D eigenvalue weighted by molar-refractivity contribution is 5.99. The number of nitro benzene ring substituents is 1. The Balaban J connectivity index is 2.40. The molecule has 19 heavy (non-hydrogen) atoms. The highest BCUT2D eigenvalue weighted by Gasteiger charge is 2.21. The van der Waals surface area contributed by atoms with Gasteiger partial charge in [0.1, 0.15) is 0 Å². The molecular weight excluding hydrogens is 250 g/mol. The van der Waals surface area contributed by atoms with Crippen LogP contribution in [0.3, 0.4) is 0 Å². The van der Waals surface area contributed by atoms with Crippen LogP contribution in [0.25, 0.3) is 0 Å². The van der Waals surface area contributed by atoms with Crippen LogP contribution in [0, 0.1) is 10.1 Å². The van der Waals surface area contributed by atoms with Crippen molar-refractivity contribution in [1.82, 2.24) is 5.48 Å². The first-order chi connectivity index (χ1) is 9.13. The van der Waals surface area contributed by atoms with Crippen molar-refractivity contribution in [2.45, 2.75) is 19.3 Å². The number of carbonyl (C=O) groups excluding carboxylic acids is 1. The molecular formula is C12H15N3O4. The number of hydrogen-bond donors (Lipinski definition) is 2. The highest BCUT2D eigenvalue weighted by Crippen LogP contribution is 2.27. The van der Waals surface area contributed by atoms with Crippen LogP contribution in [-0.4, -0.2) is 29.1 Å². The number of nitrogens with zero attached hydrogens (tertiary/aromatic N) is 2. The van der Waals surface area contributed by atoms with Crippen molar-refractivity contribution in [3.8, 4) is 0 Å². The van der Waals surface area contributed by atoms with Gasteiger partial charge in [-0.15, -0.1) is 0 Å². The van der Waals surface area contributed by atoms with E-state index in [2.05, 4.69) is 0 Å². The van der Waals surface area contributed by atoms with Gasteiger partial charge in [-0.1, -0.05) is 0 Å². The summed E-state index contributed by atoms with van der Waals surface area (Å²) in [7, 11) is 0. The van der Waals surface area contributed by atoms with Gasteiger partial charge in [-0.25, -0.2) is 5.48 Å². The zero-order valence-corrected chi connectivity index (χ0v) is 10.3. The summed E-state index contributed by atoms with van der Waals surface area (Å²) < 4.78 is 0. The standard InChI is InChI=1S/C12H15N3O4/c16-12(13-17)10-8-9(15(18)19)4-5-11(10)14-6-2-1-3-7-14/h4-5,8,17H,1-3,6-7H2,(H,13,16). The average Bonchev–Trinajstić information content (AvgIpc) is 2.46. The summed E-state index contributed by atoms with van der Waals surface area (Å²) in [6.07, 6.45) is 3.19. The van der Waals surface area contributed by atoms with Gasteiger partial charge in [0.05, 0.1) is 16.2 Å². The average molecular weight is 265 g/mol. The van der Waals surface area contributed by atoms with Gasteiger partial charge in [0, 0.05) is 25.2 Å². The SMILES string of the molecule is O=C(NO)c1cc([N+](=O)[O-])ccc1N1CCCCC1. The van der Waals surface area contributed by atoms with Crippen molar-refractivity contribution < 1.29 is 14.9 Å². The molecule has 7 heteroatoms. The molecule has 1 fully saturated rings. The summed E-state index contributed by atoms with van der Waals surface area (Å²) in [4.78, 5) is 23.8. The van der Waals surface area contributed by atoms with Crippen molar-refractivity contribution in [1.29, 1.82) is 0 Å². The molecule has 7 nitrogen and oxygen atoms in total. The van der Waals surface area contributed by atoms with Crippen LogP contribution in [0.5, 0.6) is 0 Å². The van der Waals surface area contributed by atoms with E-state index in [0.29, 0.717) is 5.69 Å². The predicted octanol–water partition coefficient (Wildman–Crippen LogP) is 1.70. The largest absolute Gasteiger partial charge is 0.371 e. The minimum Gasteiger partial charge on any atom is -0.371 e. The maximum Gasteiger partial charge on any atom is 0.276 e. The monoisotopic (exact) mass is 265 g/mol. The van der Waals surface area contributed by atoms with Crippen LogP contribution in [0.4, 0.5) is 11.4 Å². The number of rotatable bonds is 3. The van der Waals surface area contributed by atoms with E-state index in [4.69, 9.17) is 5.21 Å². The fraction of sp³-hybridized carbons (Fsp3) is 0.417. The summed E-state index contributed by atoms with van der Waals surface area (Å²) in [5.41, 5.74) is 2.12. The molecule has 102 valence electrons. The molecule has 2 N–H and O–H groups in total. The first kappa shape index (κ1) is 13.3. The van der Waals surface area contributed by atoms with E-state index in [1.165, 1.54) is 17.6 Å². The summed E-state index contributed by atoms with van der Waals surface area (Å²) in [5.74, 6) is -0.732. The van der Waals surface area contributed by atoms with E-state index in [-0.39, 0.29) is 11.3 Å². The maximum absolute atomic E-state index is 11.6. The Labute approximate surface area is 109 Å². The lowest BCUT2D eigenvalue weighted by Crippen LogP contribution is -2.32. The Morgan fingerprint density at radius 3 is 2.58 bits per heavy atom. The Bertz CT molecular complexity index is 498. The smallest absolute Gasteiger partial charge is 0.276 e. The zero-order chi connectivity index (χ0) is 13.8. The van der Waals surface area contributed by atoms with Gasteiger partial charge in [0.25, 0.3) is 11.6 Å². The minimum absolute atomic E-state index is 0.124. The summed E-state index contributed by atoms with van der Waals surface area (Å²) >= 11 is 0. The van der Waals surface area contributed by atoms with Crippen molar-refractivity contribution >= 4 is 17.3 Å². The van der Waals surface area contributed by atoms with Crippen molar-refractivity contribution in [3.63, 3.8) is 0 Å². The highest BCUT2D eigenvalue weighted by atomic mass is 16.6. The number of benzene rings is 1. The second-order valence-corrected chi connectivity index (χ2v) is 4.45. The van der Waals surface area contributed by atoms with Crippen LogP contribution in [0.15, 0.2) is 18.2 Å². The third-order valence-electron chi connectivity index (χ3n) is 3.23. The fourth-order valence-electron chi connectivity index (χ4n) is 2.29. The van der Waals surface area contributed by atoms with E-state index in [9.17, 15) is 14.9 Å². The topological polar surface area (TPSA) is 95.7 Å². The third-order valence-corrected chi connectivity index (χ3v) is 3.23. The number of piperidine rings is 1. The van der Waals surface area contributed by atoms with E-state index >= 15 is 0 Å². The summed E-state index contributed by atoms with van der Waals surface area (Å²) in [5, 5.41) is 19.5. The minimum atomic E-state index is -0.732. The van der Waals surface area contributed by atoms with Crippen molar-refractivity contribution in [3.05, 3.63) is 33.9 Å². The molecule has 1 aliphatic heterocycles. The molecule has 0 unspecified atom stereocenters. The van der Waals surface area contributed by atoms with Gasteiger partial charge in [0.15, 0.2) is 0 Å². The van der Waals surface area contributed by atoms with Gasteiger partial charge in [-0.2, -0.15) is 0 Å². The zero-order valence-electron chi connectivity index (χ0n) is 10.3. The number of nitro groups is 1. The molecule has 2 rings (SSSR count). The van der Waals surface area contributed by atoms with Crippen molar-refractivity contribution in [2.24, 2.45) is 0 Å². The lowest BCUT2D eigenvalue weighted by Gasteiger charge is -2.30. The number of nitrogens with one attached hydrogen (secondary N) is 1. The molecule has 0 aromatic heterocycles. The number of non-ortho nitro benzene ring substituents is 1. The van der Waals surface area contributed by atoms with E-state index in [1.54, 1.807) is 6.07 Å². The Morgan fingerprint density at radius 1 is 1.32 bits per heavy atom. The fourth-order valence-corrected chi connectivity index (χ4v) is 2.29. The van der Waals surface area contributed by atoms with E-state index in [0.717, 1.165) is 32.4 Å². The van der Waals surface area contributed by atoms with Crippen LogP contribution in [-0.2, 0) is 0 Å². The first-order valence-corrected chi connectivity index (χ1v) is 6.11. The van der Waals surface area contributed by atoms with Gasteiger partial charge < -0.3 is 4.90 Å². The van der Waals surface area contributed by atoms with Gasteiger partial charge in [-0.3, -0.25) is 20.1 Å². The number of hydroxylamine groups is 1. The van der Waals surface area contributed by atoms with Crippen LogP contribution in [0.2, 0.25) is 0 Å². The first-order valence-electron chi connectivity index (χ1n) is 6.11. The number of anilines is 1. The number of amides is 1. The molecule has 1 aliphatic rings. The second kappa shape index (κ2) is 5.66. The molecule has 1 aromatic carbocycles. The lowest BCUT2D eigenvalue weighted by atomic mass is 10.1. The van der Waals surface area contributed by atoms with Crippen LogP contribution >= 0.6 is 0 Å². The summed E-state index contributed by atoms with van der Waals surface area (Å²) in [6, 6.07) is 4.13. The van der Waals surface area contributed by atoms with E-state index < -0.39 is 10.8 Å². The van der Waals surface area contributed by atoms with Crippen LogP contribution < -0.4 is 10.4 Å². The normalized spacial score (nSPS) is 15.1. The predicted molar refractivity (Wildman–Crippen MR) is 68.4 cm³/mol. The van der Waals surface area contributed by atoms with E-state index in [1.807, 2.05) is 4.90 Å². The van der Waals surface area contributed by atoms with Gasteiger partial charge in [-0.05, 0) is 25.3 Å². The Morgan fingerprint density at radius 2 is 2.00 bits per heavy atom. The summed E-state index contributed by atoms with van der Waals surface area (Å²) in [6.45, 7) is 1.62. The maximum atomic E-state index is 11.6. The second-order valence-electron chi connectivity index (χ2n) is 4.45. The molecule has 0 saturated carbocycles. The van der Waals surface area contributed by atoms with Crippen LogP contribution in [0.1, 0.15) is 29.6 Å². The van der Waals surface area contributed by atoms with Crippen molar-refractivity contribution in [2.75, 3.05) is 18.0 Å². The molecule has 0 aliphatic carbocycles. The Kier molecular flexibility index (Phi) is 3.96. The molecule has 1 heterocycles. The molecule has 0 radical (unpaired) electrons. The lowest BCUT2D eigenvalue weighted by molar-refractivity contribution is -0.384.